The van der Waals surface area contributed by atoms with Crippen molar-refractivity contribution in [2.45, 2.75) is 24.2 Å². The maximum atomic E-state index is 12.3. The van der Waals surface area contributed by atoms with E-state index in [2.05, 4.69) is 23.5 Å². The molecule has 0 spiro atoms. The first-order valence-corrected chi connectivity index (χ1v) is 9.19. The summed E-state index contributed by atoms with van der Waals surface area (Å²) in [6.45, 7) is 0. The van der Waals surface area contributed by atoms with Crippen LogP contribution in [-0.2, 0) is 17.6 Å². The average molecular weight is 348 g/mol. The third kappa shape index (κ3) is 3.13. The first-order valence-electron chi connectivity index (χ1n) is 8.20. The fourth-order valence-corrected chi connectivity index (χ4v) is 3.97. The first kappa shape index (κ1) is 15.8. The van der Waals surface area contributed by atoms with Crippen molar-refractivity contribution in [2.24, 2.45) is 0 Å². The van der Waals surface area contributed by atoms with Gasteiger partial charge in [0.05, 0.1) is 5.75 Å². The summed E-state index contributed by atoms with van der Waals surface area (Å²) in [5, 5.41) is 12.8. The van der Waals surface area contributed by atoms with Gasteiger partial charge in [-0.2, -0.15) is 5.26 Å². The second-order valence-corrected chi connectivity index (χ2v) is 7.08. The van der Waals surface area contributed by atoms with Crippen LogP contribution in [-0.4, -0.2) is 11.7 Å². The van der Waals surface area contributed by atoms with Crippen LogP contribution in [0.4, 0.5) is 5.69 Å². The molecule has 1 heterocycles. The normalized spacial score (nSPS) is 12.8. The summed E-state index contributed by atoms with van der Waals surface area (Å²) in [6.07, 6.45) is 3.50. The number of carbonyl (C=O) groups is 1. The predicted octanol–water partition coefficient (Wildman–Crippen LogP) is 4.52. The number of nitrogens with zero attached hydrogens (tertiary/aromatic N) is 1. The molecule has 3 aromatic rings. The second kappa shape index (κ2) is 6.66. The van der Waals surface area contributed by atoms with Gasteiger partial charge in [0, 0.05) is 10.3 Å². The molecule has 0 unspecified atom stereocenters. The van der Waals surface area contributed by atoms with Crippen molar-refractivity contribution in [1.82, 2.24) is 0 Å². The number of thioether (sulfide) groups is 1. The Morgan fingerprint density at radius 3 is 2.92 bits per heavy atom. The highest BCUT2D eigenvalue weighted by Crippen LogP contribution is 2.31. The molecule has 0 fully saturated rings. The number of nitrogens with one attached hydrogen (secondary N) is 1. The third-order valence-corrected chi connectivity index (χ3v) is 5.40. The molecule has 25 heavy (non-hydrogen) atoms. The number of amides is 1. The largest absolute Gasteiger partial charge is 0.443 e. The SMILES string of the molecule is N#Cc1oc2ccccc2c1NC(=O)CSc1ccc2c(c1)CCC2. The highest BCUT2D eigenvalue weighted by Gasteiger charge is 2.16. The van der Waals surface area contributed by atoms with Crippen LogP contribution in [0.15, 0.2) is 51.8 Å². The summed E-state index contributed by atoms with van der Waals surface area (Å²) in [7, 11) is 0. The lowest BCUT2D eigenvalue weighted by atomic mass is 10.1. The maximum absolute atomic E-state index is 12.3. The molecule has 0 radical (unpaired) electrons. The standard InChI is InChI=1S/C20H16N2O2S/c21-11-18-20(16-6-1-2-7-17(16)24-18)22-19(23)12-25-15-9-8-13-4-3-5-14(13)10-15/h1-2,6-10H,3-5,12H2,(H,22,23). The molecule has 4 rings (SSSR count). The van der Waals surface area contributed by atoms with E-state index in [9.17, 15) is 10.1 Å². The zero-order chi connectivity index (χ0) is 17.2. The molecular weight excluding hydrogens is 332 g/mol. The Labute approximate surface area is 149 Å². The number of rotatable bonds is 4. The lowest BCUT2D eigenvalue weighted by molar-refractivity contribution is -0.113. The quantitative estimate of drug-likeness (QED) is 0.704. The zero-order valence-electron chi connectivity index (χ0n) is 13.5. The number of benzene rings is 2. The van der Waals surface area contributed by atoms with Crippen molar-refractivity contribution in [2.75, 3.05) is 11.1 Å². The lowest BCUT2D eigenvalue weighted by Crippen LogP contribution is -2.14. The van der Waals surface area contributed by atoms with Gasteiger partial charge in [0.25, 0.3) is 0 Å². The Morgan fingerprint density at radius 1 is 1.20 bits per heavy atom. The number of hydrogen-bond acceptors (Lipinski definition) is 4. The van der Waals surface area contributed by atoms with E-state index in [1.807, 2.05) is 24.3 Å². The van der Waals surface area contributed by atoms with Crippen molar-refractivity contribution >= 4 is 34.3 Å². The number of hydrogen-bond donors (Lipinski definition) is 1. The Balaban J connectivity index is 1.47. The van der Waals surface area contributed by atoms with Gasteiger partial charge in [-0.15, -0.1) is 11.8 Å². The minimum absolute atomic E-state index is 0.136. The highest BCUT2D eigenvalue weighted by molar-refractivity contribution is 8.00. The van der Waals surface area contributed by atoms with Crippen molar-refractivity contribution < 1.29 is 9.21 Å². The molecule has 1 amide bonds. The number of anilines is 1. The van der Waals surface area contributed by atoms with E-state index < -0.39 is 0 Å². The molecule has 124 valence electrons. The molecule has 1 aliphatic carbocycles. The van der Waals surface area contributed by atoms with Crippen molar-refractivity contribution in [1.29, 1.82) is 5.26 Å². The molecule has 0 saturated carbocycles. The summed E-state index contributed by atoms with van der Waals surface area (Å²) in [5.41, 5.74) is 3.88. The Hall–Kier alpha value is -2.71. The van der Waals surface area contributed by atoms with Crippen molar-refractivity contribution in [3.63, 3.8) is 0 Å². The number of para-hydroxylation sites is 1. The van der Waals surface area contributed by atoms with Gasteiger partial charge < -0.3 is 9.73 Å². The van der Waals surface area contributed by atoms with Crippen LogP contribution in [0.25, 0.3) is 11.0 Å². The van der Waals surface area contributed by atoms with Gasteiger partial charge in [0.1, 0.15) is 17.3 Å². The minimum Gasteiger partial charge on any atom is -0.443 e. The topological polar surface area (TPSA) is 66.0 Å². The van der Waals surface area contributed by atoms with Crippen LogP contribution in [0.5, 0.6) is 0 Å². The van der Waals surface area contributed by atoms with Gasteiger partial charge in [-0.25, -0.2) is 0 Å². The Bertz CT molecular complexity index is 1000. The molecule has 2 aromatic carbocycles. The van der Waals surface area contributed by atoms with E-state index in [1.54, 1.807) is 6.07 Å². The smallest absolute Gasteiger partial charge is 0.234 e. The molecule has 5 heteroatoms. The monoisotopic (exact) mass is 348 g/mol. The maximum Gasteiger partial charge on any atom is 0.234 e. The molecule has 0 bridgehead atoms. The number of fused-ring (bicyclic) bond motifs is 2. The van der Waals surface area contributed by atoms with E-state index in [4.69, 9.17) is 4.42 Å². The second-order valence-electron chi connectivity index (χ2n) is 6.04. The van der Waals surface area contributed by atoms with Gasteiger partial charge in [0.2, 0.25) is 11.7 Å². The fourth-order valence-electron chi connectivity index (χ4n) is 3.21. The van der Waals surface area contributed by atoms with Crippen LogP contribution < -0.4 is 5.32 Å². The molecular formula is C20H16N2O2S. The van der Waals surface area contributed by atoms with Crippen LogP contribution in [0.1, 0.15) is 23.3 Å². The molecule has 0 atom stereocenters. The van der Waals surface area contributed by atoms with Crippen LogP contribution in [0, 0.1) is 11.3 Å². The van der Waals surface area contributed by atoms with E-state index in [-0.39, 0.29) is 11.7 Å². The van der Waals surface area contributed by atoms with Gasteiger partial charge >= 0.3 is 0 Å². The summed E-state index contributed by atoms with van der Waals surface area (Å²) < 4.78 is 5.48. The number of aryl methyl sites for hydroxylation is 2. The van der Waals surface area contributed by atoms with Gasteiger partial charge in [-0.3, -0.25) is 4.79 Å². The molecule has 4 nitrogen and oxygen atoms in total. The van der Waals surface area contributed by atoms with E-state index in [1.165, 1.54) is 29.3 Å². The van der Waals surface area contributed by atoms with Gasteiger partial charge in [-0.1, -0.05) is 18.2 Å². The van der Waals surface area contributed by atoms with Crippen LogP contribution in [0.3, 0.4) is 0 Å². The predicted molar refractivity (Wildman–Crippen MR) is 98.7 cm³/mol. The zero-order valence-corrected chi connectivity index (χ0v) is 14.4. The molecule has 0 aliphatic heterocycles. The number of furan rings is 1. The fraction of sp³-hybridized carbons (Fsp3) is 0.200. The molecule has 0 saturated heterocycles. The van der Waals surface area contributed by atoms with Crippen LogP contribution >= 0.6 is 11.8 Å². The molecule has 1 aliphatic rings. The Morgan fingerprint density at radius 2 is 2.04 bits per heavy atom. The van der Waals surface area contributed by atoms with Gasteiger partial charge in [-0.05, 0) is 54.7 Å². The third-order valence-electron chi connectivity index (χ3n) is 4.40. The first-order chi connectivity index (χ1) is 12.2. The number of carbonyl (C=O) groups excluding carboxylic acids is 1. The van der Waals surface area contributed by atoms with Crippen molar-refractivity contribution in [3.8, 4) is 6.07 Å². The Kier molecular flexibility index (Phi) is 4.21. The summed E-state index contributed by atoms with van der Waals surface area (Å²) in [5.74, 6) is 0.286. The summed E-state index contributed by atoms with van der Waals surface area (Å²) >= 11 is 1.51. The van der Waals surface area contributed by atoms with E-state index in [0.717, 1.165) is 23.1 Å². The van der Waals surface area contributed by atoms with E-state index in [0.29, 0.717) is 17.0 Å². The molecule has 1 aromatic heterocycles. The summed E-state index contributed by atoms with van der Waals surface area (Å²) in [4.78, 5) is 13.5. The lowest BCUT2D eigenvalue weighted by Gasteiger charge is -2.06. The van der Waals surface area contributed by atoms with E-state index >= 15 is 0 Å². The molecule has 1 N–H and O–H groups in total. The highest BCUT2D eigenvalue weighted by atomic mass is 32.2. The minimum atomic E-state index is -0.145. The average Bonchev–Trinajstić information content (AvgIpc) is 3.24. The summed E-state index contributed by atoms with van der Waals surface area (Å²) in [6, 6.07) is 15.7. The number of nitriles is 1. The van der Waals surface area contributed by atoms with Crippen LogP contribution in [0.2, 0.25) is 0 Å². The van der Waals surface area contributed by atoms with Crippen molar-refractivity contribution in [3.05, 3.63) is 59.4 Å². The van der Waals surface area contributed by atoms with Gasteiger partial charge in [0.15, 0.2) is 0 Å².